The van der Waals surface area contributed by atoms with Crippen LogP contribution in [0.15, 0.2) is 131 Å². The number of rotatable bonds is 13. The molecule has 1 heterocycles. The monoisotopic (exact) mass is 725 g/mol. The first kappa shape index (κ1) is 34.0. The number of benzene rings is 5. The van der Waals surface area contributed by atoms with Gasteiger partial charge in [-0.1, -0.05) is 82.7 Å². The lowest BCUT2D eigenvalue weighted by atomic mass is 9.82. The number of ether oxygens (including phenoxy) is 2. The van der Waals surface area contributed by atoms with Crippen molar-refractivity contribution in [1.82, 2.24) is 10.9 Å². The van der Waals surface area contributed by atoms with Crippen LogP contribution in [0.5, 0.6) is 5.75 Å². The van der Waals surface area contributed by atoms with E-state index < -0.39 is 29.2 Å². The summed E-state index contributed by atoms with van der Waals surface area (Å²) in [5, 5.41) is 9.09. The summed E-state index contributed by atoms with van der Waals surface area (Å²) in [6.45, 7) is 0.248. The Bertz CT molecular complexity index is 1910. The quantitative estimate of drug-likeness (QED) is 0.0866. The summed E-state index contributed by atoms with van der Waals surface area (Å²) in [6.07, 6.45) is -0.182. The molecule has 0 fully saturated rings. The van der Waals surface area contributed by atoms with Crippen molar-refractivity contribution in [1.29, 1.82) is 0 Å². The molecule has 0 aromatic heterocycles. The van der Waals surface area contributed by atoms with E-state index in [1.165, 1.54) is 0 Å². The van der Waals surface area contributed by atoms with Crippen LogP contribution in [0.3, 0.4) is 0 Å². The zero-order chi connectivity index (χ0) is 34.2. The summed E-state index contributed by atoms with van der Waals surface area (Å²) in [4.78, 5) is 19.5. The van der Waals surface area contributed by atoms with Crippen LogP contribution < -0.4 is 15.6 Å². The van der Waals surface area contributed by atoms with Gasteiger partial charge < -0.3 is 14.6 Å². The molecule has 7 nitrogen and oxygen atoms in total. The number of hydrogen-bond donors (Lipinski definition) is 3. The van der Waals surface area contributed by atoms with Gasteiger partial charge in [-0.3, -0.25) is 10.2 Å². The first-order valence-electron chi connectivity index (χ1n) is 15.8. The molecule has 6 rings (SSSR count). The van der Waals surface area contributed by atoms with Crippen molar-refractivity contribution in [2.75, 3.05) is 13.2 Å². The summed E-state index contributed by atoms with van der Waals surface area (Å²) in [5.74, 6) is -0.807. The van der Waals surface area contributed by atoms with Gasteiger partial charge >= 0.3 is 0 Å². The summed E-state index contributed by atoms with van der Waals surface area (Å²) in [6, 6.07) is 35.8. The van der Waals surface area contributed by atoms with Crippen LogP contribution in [-0.4, -0.2) is 35.7 Å². The predicted molar refractivity (Wildman–Crippen MR) is 188 cm³/mol. The maximum atomic E-state index is 14.5. The van der Waals surface area contributed by atoms with E-state index in [0.717, 1.165) is 44.9 Å². The molecule has 250 valence electrons. The fraction of sp³-hybridized carbons (Fsp3) is 0.179. The summed E-state index contributed by atoms with van der Waals surface area (Å²) >= 11 is 3.49. The average Bonchev–Trinajstić information content (AvgIpc) is 3.52. The molecule has 2 atom stereocenters. The molecule has 3 N–H and O–H groups in total. The predicted octanol–water partition coefficient (Wildman–Crippen LogP) is 7.48. The van der Waals surface area contributed by atoms with Crippen molar-refractivity contribution in [3.05, 3.63) is 160 Å². The first-order valence-corrected chi connectivity index (χ1v) is 16.6. The van der Waals surface area contributed by atoms with Crippen LogP contribution in [0.1, 0.15) is 34.8 Å². The van der Waals surface area contributed by atoms with E-state index in [-0.39, 0.29) is 31.0 Å². The molecule has 49 heavy (non-hydrogen) atoms. The van der Waals surface area contributed by atoms with E-state index in [1.54, 1.807) is 24.3 Å². The number of aliphatic hydroxyl groups excluding tert-OH is 1. The number of halogens is 3. The fourth-order valence-electron chi connectivity index (χ4n) is 5.68. The lowest BCUT2D eigenvalue weighted by Crippen LogP contribution is -2.53. The van der Waals surface area contributed by atoms with E-state index in [4.69, 9.17) is 19.6 Å². The SMILES string of the molecule is O=C(NNCc1cc(F)ccc1F)[C@@]1(Cc2ccc(Br)cc2)N=C(c2ccc(OCCCO)cc2)O[C@H]1c1ccc(-c2ccccc2)cc1. The van der Waals surface area contributed by atoms with Gasteiger partial charge in [0.2, 0.25) is 5.90 Å². The molecule has 10 heteroatoms. The fourth-order valence-corrected chi connectivity index (χ4v) is 5.95. The Hall–Kier alpha value is -4.90. The Kier molecular flexibility index (Phi) is 10.8. The Balaban J connectivity index is 1.38. The number of aliphatic imine (C=N–C) groups is 1. The zero-order valence-corrected chi connectivity index (χ0v) is 28.0. The van der Waals surface area contributed by atoms with E-state index in [0.29, 0.717) is 24.3 Å². The third-order valence-electron chi connectivity index (χ3n) is 8.23. The zero-order valence-electron chi connectivity index (χ0n) is 26.4. The minimum Gasteiger partial charge on any atom is -0.494 e. The lowest BCUT2D eigenvalue weighted by molar-refractivity contribution is -0.130. The molecular formula is C39H34BrF2N3O4. The van der Waals surface area contributed by atoms with Gasteiger partial charge in [0.1, 0.15) is 17.4 Å². The Morgan fingerprint density at radius 2 is 1.57 bits per heavy atom. The molecule has 5 aromatic carbocycles. The largest absolute Gasteiger partial charge is 0.494 e. The second-order valence-electron chi connectivity index (χ2n) is 11.6. The van der Waals surface area contributed by atoms with Crippen LogP contribution in [-0.2, 0) is 22.5 Å². The van der Waals surface area contributed by atoms with E-state index in [9.17, 15) is 13.6 Å². The van der Waals surface area contributed by atoms with Crippen LogP contribution in [0.25, 0.3) is 11.1 Å². The van der Waals surface area contributed by atoms with Crippen LogP contribution in [0.2, 0.25) is 0 Å². The third kappa shape index (κ3) is 8.05. The molecule has 1 aliphatic heterocycles. The molecule has 0 spiro atoms. The molecule has 1 amide bonds. The van der Waals surface area contributed by atoms with Crippen molar-refractivity contribution < 1.29 is 28.2 Å². The van der Waals surface area contributed by atoms with E-state index >= 15 is 0 Å². The number of carbonyl (C=O) groups excluding carboxylic acids is 1. The van der Waals surface area contributed by atoms with Crippen LogP contribution in [0, 0.1) is 11.6 Å². The summed E-state index contributed by atoms with van der Waals surface area (Å²) in [5.41, 5.74) is 8.30. The maximum Gasteiger partial charge on any atom is 0.266 e. The minimum absolute atomic E-state index is 0.0327. The second-order valence-corrected chi connectivity index (χ2v) is 12.5. The van der Waals surface area contributed by atoms with Crippen molar-refractivity contribution in [2.24, 2.45) is 4.99 Å². The molecular weight excluding hydrogens is 692 g/mol. The van der Waals surface area contributed by atoms with Gasteiger partial charge in [-0.2, -0.15) is 0 Å². The maximum absolute atomic E-state index is 14.5. The number of nitrogens with zero attached hydrogens (tertiary/aromatic N) is 1. The molecule has 0 radical (unpaired) electrons. The van der Waals surface area contributed by atoms with Gasteiger partial charge in [-0.15, -0.1) is 0 Å². The topological polar surface area (TPSA) is 92.2 Å². The van der Waals surface area contributed by atoms with Crippen molar-refractivity contribution >= 4 is 27.7 Å². The highest BCUT2D eigenvalue weighted by Gasteiger charge is 2.53. The van der Waals surface area contributed by atoms with E-state index in [1.807, 2.05) is 78.9 Å². The highest BCUT2D eigenvalue weighted by molar-refractivity contribution is 9.10. The van der Waals surface area contributed by atoms with Gasteiger partial charge in [0.15, 0.2) is 11.6 Å². The van der Waals surface area contributed by atoms with Gasteiger partial charge in [0.05, 0.1) is 6.61 Å². The molecule has 1 aliphatic rings. The number of hydrazine groups is 1. The van der Waals surface area contributed by atoms with Gasteiger partial charge in [0, 0.05) is 41.6 Å². The standard InChI is InChI=1S/C39H34BrF2N3O4/c40-32-15-7-26(8-16-32)24-39(38(47)45-43-25-31-23-33(41)17-20-35(31)42)36(29-11-9-28(10-12-29)27-5-2-1-3-6-27)49-37(44-39)30-13-18-34(19-14-30)48-22-4-21-46/h1-3,5-20,23,36,43,46H,4,21-22,24-25H2,(H,45,47)/t36-,39-/m0/s1. The minimum atomic E-state index is -1.51. The average molecular weight is 727 g/mol. The number of amides is 1. The molecule has 5 aromatic rings. The summed E-state index contributed by atoms with van der Waals surface area (Å²) < 4.78 is 41.5. The number of aliphatic hydroxyl groups is 1. The van der Waals surface area contributed by atoms with Gasteiger partial charge in [-0.05, 0) is 76.9 Å². The van der Waals surface area contributed by atoms with Crippen LogP contribution >= 0.6 is 15.9 Å². The molecule has 0 aliphatic carbocycles. The Morgan fingerprint density at radius 1 is 0.878 bits per heavy atom. The van der Waals surface area contributed by atoms with Crippen molar-refractivity contribution in [3.63, 3.8) is 0 Å². The van der Waals surface area contributed by atoms with E-state index in [2.05, 4.69) is 26.8 Å². The highest BCUT2D eigenvalue weighted by atomic mass is 79.9. The van der Waals surface area contributed by atoms with Crippen LogP contribution in [0.4, 0.5) is 8.78 Å². The number of carbonyl (C=O) groups is 1. The first-order chi connectivity index (χ1) is 23.8. The van der Waals surface area contributed by atoms with Gasteiger partial charge in [-0.25, -0.2) is 19.2 Å². The van der Waals surface area contributed by atoms with Gasteiger partial charge in [0.25, 0.3) is 5.91 Å². The lowest BCUT2D eigenvalue weighted by Gasteiger charge is -2.31. The molecule has 0 unspecified atom stereocenters. The Morgan fingerprint density at radius 3 is 2.29 bits per heavy atom. The summed E-state index contributed by atoms with van der Waals surface area (Å²) in [7, 11) is 0. The smallest absolute Gasteiger partial charge is 0.266 e. The Labute approximate surface area is 291 Å². The number of hydrogen-bond acceptors (Lipinski definition) is 6. The highest BCUT2D eigenvalue weighted by Crippen LogP contribution is 2.43. The third-order valence-corrected chi connectivity index (χ3v) is 8.75. The molecule has 0 saturated carbocycles. The normalized spacial score (nSPS) is 16.9. The molecule has 0 bridgehead atoms. The second kappa shape index (κ2) is 15.5. The van der Waals surface area contributed by atoms with Crippen molar-refractivity contribution in [2.45, 2.75) is 31.0 Å². The number of nitrogens with one attached hydrogen (secondary N) is 2. The molecule has 0 saturated heterocycles. The van der Waals surface area contributed by atoms with Crippen molar-refractivity contribution in [3.8, 4) is 16.9 Å².